The molecule has 0 unspecified atom stereocenters. The van der Waals surface area contributed by atoms with Crippen LogP contribution in [0.5, 0.6) is 11.5 Å². The maximum atomic E-state index is 13.1. The van der Waals surface area contributed by atoms with Crippen LogP contribution in [0.1, 0.15) is 46.7 Å². The fourth-order valence-corrected chi connectivity index (χ4v) is 4.44. The van der Waals surface area contributed by atoms with E-state index in [-0.39, 0.29) is 17.7 Å². The summed E-state index contributed by atoms with van der Waals surface area (Å²) in [7, 11) is 1.51. The van der Waals surface area contributed by atoms with E-state index in [9.17, 15) is 9.90 Å². The lowest BCUT2D eigenvalue weighted by molar-refractivity contribution is 0.0546. The number of likely N-dealkylation sites (tertiary alicyclic amines) is 1. The van der Waals surface area contributed by atoms with E-state index in [0.717, 1.165) is 32.2 Å². The standard InChI is InChI=1S/C21H23NO3/c1-25-20-11-9-15(13-19(20)23)21(24)22-12-4-7-17-16-6-3-2-5-14(16)8-10-18(17)22/h2-3,5-6,9,11,13,17-18,23H,4,7-8,10,12H2,1H3/t17-,18+/m1/s1. The summed E-state index contributed by atoms with van der Waals surface area (Å²) < 4.78 is 5.08. The number of nitrogens with zero attached hydrogens (tertiary/aromatic N) is 1. The van der Waals surface area contributed by atoms with E-state index in [4.69, 9.17) is 4.74 Å². The number of ether oxygens (including phenoxy) is 1. The molecule has 1 aliphatic heterocycles. The number of benzene rings is 2. The molecule has 0 saturated carbocycles. The Kier molecular flexibility index (Phi) is 4.12. The number of fused-ring (bicyclic) bond motifs is 3. The molecule has 4 heteroatoms. The van der Waals surface area contributed by atoms with E-state index >= 15 is 0 Å². The summed E-state index contributed by atoms with van der Waals surface area (Å²) in [6, 6.07) is 13.8. The smallest absolute Gasteiger partial charge is 0.254 e. The van der Waals surface area contributed by atoms with E-state index in [1.54, 1.807) is 12.1 Å². The van der Waals surface area contributed by atoms with Crippen LogP contribution in [0.25, 0.3) is 0 Å². The van der Waals surface area contributed by atoms with Crippen molar-refractivity contribution in [3.05, 3.63) is 59.2 Å². The third-order valence-corrected chi connectivity index (χ3v) is 5.63. The fraction of sp³-hybridized carbons (Fsp3) is 0.381. The average molecular weight is 337 g/mol. The first kappa shape index (κ1) is 16.0. The number of hydrogen-bond donors (Lipinski definition) is 1. The van der Waals surface area contributed by atoms with Crippen LogP contribution in [-0.4, -0.2) is 35.6 Å². The minimum atomic E-state index is 0.00651. The average Bonchev–Trinajstić information content (AvgIpc) is 2.66. The Balaban J connectivity index is 1.63. The van der Waals surface area contributed by atoms with Crippen LogP contribution < -0.4 is 4.74 Å². The van der Waals surface area contributed by atoms with Crippen LogP contribution in [0.3, 0.4) is 0 Å². The molecule has 1 heterocycles. The van der Waals surface area contributed by atoms with Gasteiger partial charge in [0, 0.05) is 24.1 Å². The highest BCUT2D eigenvalue weighted by molar-refractivity contribution is 5.95. The van der Waals surface area contributed by atoms with Crippen molar-refractivity contribution in [1.29, 1.82) is 0 Å². The number of amides is 1. The highest BCUT2D eigenvalue weighted by atomic mass is 16.5. The summed E-state index contributed by atoms with van der Waals surface area (Å²) in [5.41, 5.74) is 3.37. The number of methoxy groups -OCH3 is 1. The summed E-state index contributed by atoms with van der Waals surface area (Å²) in [6.45, 7) is 0.787. The first-order valence-corrected chi connectivity index (χ1v) is 8.95. The third-order valence-electron chi connectivity index (χ3n) is 5.63. The Labute approximate surface area is 148 Å². The fourth-order valence-electron chi connectivity index (χ4n) is 4.44. The maximum absolute atomic E-state index is 13.1. The van der Waals surface area contributed by atoms with Gasteiger partial charge >= 0.3 is 0 Å². The van der Waals surface area contributed by atoms with Crippen molar-refractivity contribution >= 4 is 5.91 Å². The lowest BCUT2D eigenvalue weighted by Crippen LogP contribution is -2.49. The topological polar surface area (TPSA) is 49.8 Å². The molecule has 0 bridgehead atoms. The highest BCUT2D eigenvalue weighted by Gasteiger charge is 2.38. The van der Waals surface area contributed by atoms with Gasteiger partial charge < -0.3 is 14.7 Å². The molecule has 0 radical (unpaired) electrons. The third kappa shape index (κ3) is 2.76. The number of piperidine rings is 1. The van der Waals surface area contributed by atoms with Gasteiger partial charge in [-0.1, -0.05) is 24.3 Å². The van der Waals surface area contributed by atoms with Gasteiger partial charge in [0.05, 0.1) is 7.11 Å². The molecule has 0 spiro atoms. The van der Waals surface area contributed by atoms with Crippen LogP contribution in [0.4, 0.5) is 0 Å². The van der Waals surface area contributed by atoms with Crippen molar-refractivity contribution < 1.29 is 14.6 Å². The summed E-state index contributed by atoms with van der Waals surface area (Å²) in [4.78, 5) is 15.1. The molecule has 1 saturated heterocycles. The van der Waals surface area contributed by atoms with Crippen molar-refractivity contribution in [1.82, 2.24) is 4.90 Å². The second kappa shape index (κ2) is 6.43. The van der Waals surface area contributed by atoms with Gasteiger partial charge in [-0.25, -0.2) is 0 Å². The van der Waals surface area contributed by atoms with Gasteiger partial charge in [-0.2, -0.15) is 0 Å². The molecule has 130 valence electrons. The van der Waals surface area contributed by atoms with Gasteiger partial charge in [-0.3, -0.25) is 4.79 Å². The van der Waals surface area contributed by atoms with Gasteiger partial charge in [0.2, 0.25) is 0 Å². The van der Waals surface area contributed by atoms with Crippen molar-refractivity contribution in [2.24, 2.45) is 0 Å². The minimum Gasteiger partial charge on any atom is -0.504 e. The van der Waals surface area contributed by atoms with Crippen LogP contribution >= 0.6 is 0 Å². The number of carbonyl (C=O) groups excluding carboxylic acids is 1. The first-order chi connectivity index (χ1) is 12.2. The lowest BCUT2D eigenvalue weighted by atomic mass is 9.74. The van der Waals surface area contributed by atoms with Crippen molar-refractivity contribution in [2.75, 3.05) is 13.7 Å². The van der Waals surface area contributed by atoms with Crippen molar-refractivity contribution in [3.63, 3.8) is 0 Å². The highest BCUT2D eigenvalue weighted by Crippen LogP contribution is 2.41. The van der Waals surface area contributed by atoms with Crippen molar-refractivity contribution in [2.45, 2.75) is 37.6 Å². The molecule has 25 heavy (non-hydrogen) atoms. The zero-order valence-corrected chi connectivity index (χ0v) is 14.4. The summed E-state index contributed by atoms with van der Waals surface area (Å²) in [6.07, 6.45) is 4.19. The van der Waals surface area contributed by atoms with Crippen molar-refractivity contribution in [3.8, 4) is 11.5 Å². The molecule has 2 aliphatic rings. The lowest BCUT2D eigenvalue weighted by Gasteiger charge is -2.45. The number of carbonyl (C=O) groups is 1. The Morgan fingerprint density at radius 1 is 1.20 bits per heavy atom. The van der Waals surface area contributed by atoms with Crippen LogP contribution in [-0.2, 0) is 6.42 Å². The van der Waals surface area contributed by atoms with Crippen LogP contribution in [0.2, 0.25) is 0 Å². The molecule has 4 nitrogen and oxygen atoms in total. The molecule has 0 aromatic heterocycles. The van der Waals surface area contributed by atoms with Gasteiger partial charge in [0.1, 0.15) is 0 Å². The predicted octanol–water partition coefficient (Wildman–Crippen LogP) is 3.74. The Morgan fingerprint density at radius 3 is 2.84 bits per heavy atom. The number of aromatic hydroxyl groups is 1. The normalized spacial score (nSPS) is 22.0. The van der Waals surface area contributed by atoms with Crippen LogP contribution in [0.15, 0.2) is 42.5 Å². The molecule has 1 fully saturated rings. The molecule has 2 aromatic rings. The SMILES string of the molecule is COc1ccc(C(=O)N2CCC[C@@H]3c4ccccc4CC[C@@H]32)cc1O. The number of phenols is 1. The summed E-state index contributed by atoms with van der Waals surface area (Å²) >= 11 is 0. The molecule has 1 N–H and O–H groups in total. The molecule has 2 atom stereocenters. The molecular formula is C21H23NO3. The second-order valence-corrected chi connectivity index (χ2v) is 6.94. The largest absolute Gasteiger partial charge is 0.504 e. The quantitative estimate of drug-likeness (QED) is 0.908. The number of phenolic OH excluding ortho intramolecular Hbond substituents is 1. The van der Waals surface area contributed by atoms with Gasteiger partial charge in [0.15, 0.2) is 11.5 Å². The maximum Gasteiger partial charge on any atom is 0.254 e. The first-order valence-electron chi connectivity index (χ1n) is 8.95. The second-order valence-electron chi connectivity index (χ2n) is 6.94. The number of aryl methyl sites for hydroxylation is 1. The summed E-state index contributed by atoms with van der Waals surface area (Å²) in [5, 5.41) is 10.0. The van der Waals surface area contributed by atoms with Crippen LogP contribution in [0, 0.1) is 0 Å². The molecule has 4 rings (SSSR count). The minimum absolute atomic E-state index is 0.00651. The Morgan fingerprint density at radius 2 is 2.04 bits per heavy atom. The Bertz CT molecular complexity index is 801. The molecule has 2 aromatic carbocycles. The van der Waals surface area contributed by atoms with E-state index in [2.05, 4.69) is 24.3 Å². The van der Waals surface area contributed by atoms with E-state index in [0.29, 0.717) is 17.2 Å². The Hall–Kier alpha value is -2.49. The molecule has 1 amide bonds. The van der Waals surface area contributed by atoms with Gasteiger partial charge in [-0.05, 0) is 55.0 Å². The molecular weight excluding hydrogens is 314 g/mol. The number of hydrogen-bond acceptors (Lipinski definition) is 3. The van der Waals surface area contributed by atoms with E-state index < -0.39 is 0 Å². The monoisotopic (exact) mass is 337 g/mol. The van der Waals surface area contributed by atoms with E-state index in [1.165, 1.54) is 24.3 Å². The van der Waals surface area contributed by atoms with E-state index in [1.807, 2.05) is 4.90 Å². The molecule has 1 aliphatic carbocycles. The zero-order chi connectivity index (χ0) is 17.4. The zero-order valence-electron chi connectivity index (χ0n) is 14.4. The summed E-state index contributed by atoms with van der Waals surface area (Å²) in [5.74, 6) is 0.831. The predicted molar refractivity (Wildman–Crippen MR) is 96.2 cm³/mol. The number of rotatable bonds is 2. The van der Waals surface area contributed by atoms with Gasteiger partial charge in [0.25, 0.3) is 5.91 Å². The van der Waals surface area contributed by atoms with Gasteiger partial charge in [-0.15, -0.1) is 0 Å².